The summed E-state index contributed by atoms with van der Waals surface area (Å²) in [6.45, 7) is 2.55. The van der Waals surface area contributed by atoms with Crippen LogP contribution in [0.3, 0.4) is 0 Å². The van der Waals surface area contributed by atoms with Crippen molar-refractivity contribution >= 4 is 12.2 Å². The number of ether oxygens (including phenoxy) is 1. The van der Waals surface area contributed by atoms with Crippen LogP contribution in [0.15, 0.2) is 36.5 Å². The van der Waals surface area contributed by atoms with Crippen molar-refractivity contribution in [2.24, 2.45) is 0 Å². The van der Waals surface area contributed by atoms with E-state index in [0.29, 0.717) is 6.61 Å². The maximum atomic E-state index is 11.4. The molecule has 0 saturated carbocycles. The number of carbonyl (C=O) groups is 1. The van der Waals surface area contributed by atoms with Gasteiger partial charge in [-0.15, -0.1) is 0 Å². The number of benzene rings is 1. The lowest BCUT2D eigenvalue weighted by atomic mass is 10.2. The van der Waals surface area contributed by atoms with Crippen molar-refractivity contribution in [3.8, 4) is 0 Å². The molecule has 84 valence electrons. The molecule has 1 fully saturated rings. The predicted molar refractivity (Wildman–Crippen MR) is 62.7 cm³/mol. The van der Waals surface area contributed by atoms with E-state index in [4.69, 9.17) is 4.74 Å². The molecule has 0 unspecified atom stereocenters. The van der Waals surface area contributed by atoms with E-state index in [1.54, 1.807) is 11.1 Å². The smallest absolute Gasteiger partial charge is 0.414 e. The minimum absolute atomic E-state index is 0.174. The molecule has 0 aromatic heterocycles. The fourth-order valence-corrected chi connectivity index (χ4v) is 1.70. The van der Waals surface area contributed by atoms with Crippen LogP contribution in [0.1, 0.15) is 18.9 Å². The van der Waals surface area contributed by atoms with Crippen LogP contribution < -0.4 is 0 Å². The van der Waals surface area contributed by atoms with E-state index in [9.17, 15) is 4.79 Å². The first-order valence-corrected chi connectivity index (χ1v) is 5.49. The average Bonchev–Trinajstić information content (AvgIpc) is 2.69. The zero-order valence-electron chi connectivity index (χ0n) is 9.30. The second-order valence-corrected chi connectivity index (χ2v) is 3.77. The van der Waals surface area contributed by atoms with Gasteiger partial charge in [0.1, 0.15) is 6.61 Å². The molecule has 1 aliphatic rings. The molecule has 3 heteroatoms. The van der Waals surface area contributed by atoms with Crippen LogP contribution in [0, 0.1) is 0 Å². The standard InChI is InChI=1S/C13H15NO2/c1-2-12-10-16-13(15)14(12)9-8-11-6-4-3-5-7-11/h3-9,12H,2,10H2,1H3/b9-8+/t12-/m1/s1. The Morgan fingerprint density at radius 1 is 1.44 bits per heavy atom. The molecular weight excluding hydrogens is 202 g/mol. The Bertz CT molecular complexity index is 386. The van der Waals surface area contributed by atoms with Gasteiger partial charge in [-0.1, -0.05) is 37.3 Å². The minimum atomic E-state index is -0.251. The quantitative estimate of drug-likeness (QED) is 0.779. The molecule has 0 spiro atoms. The average molecular weight is 217 g/mol. The van der Waals surface area contributed by atoms with Gasteiger partial charge in [-0.2, -0.15) is 0 Å². The van der Waals surface area contributed by atoms with Gasteiger partial charge < -0.3 is 4.74 Å². The fourth-order valence-electron chi connectivity index (χ4n) is 1.70. The van der Waals surface area contributed by atoms with Gasteiger partial charge in [0.15, 0.2) is 0 Å². The molecule has 16 heavy (non-hydrogen) atoms. The molecule has 2 rings (SSSR count). The van der Waals surface area contributed by atoms with Crippen molar-refractivity contribution in [1.82, 2.24) is 4.90 Å². The number of hydrogen-bond acceptors (Lipinski definition) is 2. The van der Waals surface area contributed by atoms with Gasteiger partial charge in [0.2, 0.25) is 0 Å². The van der Waals surface area contributed by atoms with Crippen LogP contribution >= 0.6 is 0 Å². The summed E-state index contributed by atoms with van der Waals surface area (Å²) in [5.74, 6) is 0. The minimum Gasteiger partial charge on any atom is -0.447 e. The SMILES string of the molecule is CC[C@@H]1COC(=O)N1/C=C/c1ccccc1. The normalized spacial score (nSPS) is 20.4. The van der Waals surface area contributed by atoms with Gasteiger partial charge in [-0.05, 0) is 18.1 Å². The third-order valence-electron chi connectivity index (χ3n) is 2.70. The molecule has 0 radical (unpaired) electrons. The summed E-state index contributed by atoms with van der Waals surface area (Å²) in [6.07, 6.45) is 4.39. The topological polar surface area (TPSA) is 29.5 Å². The highest BCUT2D eigenvalue weighted by Crippen LogP contribution is 2.16. The first-order valence-electron chi connectivity index (χ1n) is 5.49. The Morgan fingerprint density at radius 2 is 2.19 bits per heavy atom. The van der Waals surface area contributed by atoms with E-state index in [1.807, 2.05) is 36.4 Å². The summed E-state index contributed by atoms with van der Waals surface area (Å²) in [5, 5.41) is 0. The van der Waals surface area contributed by atoms with Gasteiger partial charge in [0, 0.05) is 6.20 Å². The molecule has 0 aliphatic carbocycles. The van der Waals surface area contributed by atoms with Crippen molar-refractivity contribution in [3.63, 3.8) is 0 Å². The Morgan fingerprint density at radius 3 is 2.88 bits per heavy atom. The number of rotatable bonds is 3. The Balaban J connectivity index is 2.08. The lowest BCUT2D eigenvalue weighted by molar-refractivity contribution is 0.166. The zero-order valence-corrected chi connectivity index (χ0v) is 9.30. The summed E-state index contributed by atoms with van der Waals surface area (Å²) in [4.78, 5) is 13.1. The predicted octanol–water partition coefficient (Wildman–Crippen LogP) is 2.89. The van der Waals surface area contributed by atoms with E-state index >= 15 is 0 Å². The third kappa shape index (κ3) is 2.24. The molecule has 0 bridgehead atoms. The molecule has 1 heterocycles. The molecule has 0 N–H and O–H groups in total. The summed E-state index contributed by atoms with van der Waals surface area (Å²) in [6, 6.07) is 10.1. The van der Waals surface area contributed by atoms with Crippen molar-refractivity contribution in [2.75, 3.05) is 6.61 Å². The van der Waals surface area contributed by atoms with Crippen molar-refractivity contribution < 1.29 is 9.53 Å². The highest BCUT2D eigenvalue weighted by atomic mass is 16.6. The van der Waals surface area contributed by atoms with E-state index in [2.05, 4.69) is 6.92 Å². The first kappa shape index (κ1) is 10.7. The Hall–Kier alpha value is -1.77. The molecule has 3 nitrogen and oxygen atoms in total. The monoisotopic (exact) mass is 217 g/mol. The van der Waals surface area contributed by atoms with Gasteiger partial charge >= 0.3 is 6.09 Å². The number of hydrogen-bond donors (Lipinski definition) is 0. The molecule has 1 aromatic rings. The van der Waals surface area contributed by atoms with E-state index < -0.39 is 0 Å². The van der Waals surface area contributed by atoms with Crippen LogP contribution in [0.25, 0.3) is 6.08 Å². The number of nitrogens with zero attached hydrogens (tertiary/aromatic N) is 1. The molecule has 1 amide bonds. The molecule has 1 atom stereocenters. The van der Waals surface area contributed by atoms with Crippen LogP contribution in [0.5, 0.6) is 0 Å². The maximum Gasteiger partial charge on any atom is 0.414 e. The van der Waals surface area contributed by atoms with Crippen molar-refractivity contribution in [1.29, 1.82) is 0 Å². The van der Waals surface area contributed by atoms with Gasteiger partial charge in [-0.25, -0.2) is 4.79 Å². The summed E-state index contributed by atoms with van der Waals surface area (Å²) < 4.78 is 4.99. The van der Waals surface area contributed by atoms with E-state index in [0.717, 1.165) is 12.0 Å². The summed E-state index contributed by atoms with van der Waals surface area (Å²) in [5.41, 5.74) is 1.08. The highest BCUT2D eigenvalue weighted by Gasteiger charge is 2.29. The summed E-state index contributed by atoms with van der Waals surface area (Å²) >= 11 is 0. The Kier molecular flexibility index (Phi) is 3.25. The van der Waals surface area contributed by atoms with Crippen LogP contribution in [0.2, 0.25) is 0 Å². The second-order valence-electron chi connectivity index (χ2n) is 3.77. The lowest BCUT2D eigenvalue weighted by Crippen LogP contribution is -2.27. The zero-order chi connectivity index (χ0) is 11.4. The van der Waals surface area contributed by atoms with Gasteiger partial charge in [0.25, 0.3) is 0 Å². The Labute approximate surface area is 95.3 Å². The summed E-state index contributed by atoms with van der Waals surface area (Å²) in [7, 11) is 0. The first-order chi connectivity index (χ1) is 7.81. The second kappa shape index (κ2) is 4.84. The lowest BCUT2D eigenvalue weighted by Gasteiger charge is -2.14. The van der Waals surface area contributed by atoms with Gasteiger partial charge in [-0.3, -0.25) is 4.90 Å². The molecule has 1 aliphatic heterocycles. The van der Waals surface area contributed by atoms with Crippen LogP contribution in [-0.2, 0) is 4.74 Å². The molecule has 1 saturated heterocycles. The van der Waals surface area contributed by atoms with Crippen LogP contribution in [-0.4, -0.2) is 23.6 Å². The van der Waals surface area contributed by atoms with Crippen LogP contribution in [0.4, 0.5) is 4.79 Å². The van der Waals surface area contributed by atoms with Crippen molar-refractivity contribution in [2.45, 2.75) is 19.4 Å². The van der Waals surface area contributed by atoms with Gasteiger partial charge in [0.05, 0.1) is 6.04 Å². The molecule has 1 aromatic carbocycles. The van der Waals surface area contributed by atoms with E-state index in [1.165, 1.54) is 0 Å². The van der Waals surface area contributed by atoms with E-state index in [-0.39, 0.29) is 12.1 Å². The maximum absolute atomic E-state index is 11.4. The molecular formula is C13H15NO2. The highest BCUT2D eigenvalue weighted by molar-refractivity contribution is 5.72. The third-order valence-corrected chi connectivity index (χ3v) is 2.70. The fraction of sp³-hybridized carbons (Fsp3) is 0.308. The van der Waals surface area contributed by atoms with Crippen molar-refractivity contribution in [3.05, 3.63) is 42.1 Å². The largest absolute Gasteiger partial charge is 0.447 e. The number of amides is 1. The number of carbonyl (C=O) groups excluding carboxylic acids is 1. The number of cyclic esters (lactones) is 1.